The second-order valence-corrected chi connectivity index (χ2v) is 8.20. The van der Waals surface area contributed by atoms with E-state index in [9.17, 15) is 9.90 Å². The van der Waals surface area contributed by atoms with E-state index in [0.717, 1.165) is 37.2 Å². The Labute approximate surface area is 173 Å². The molecule has 5 heteroatoms. The minimum Gasteiger partial charge on any atom is -0.388 e. The van der Waals surface area contributed by atoms with Crippen molar-refractivity contribution in [2.24, 2.45) is 5.92 Å². The highest BCUT2D eigenvalue weighted by molar-refractivity contribution is 5.89. The molecule has 2 saturated heterocycles. The fraction of sp³-hybridized carbons (Fsp3) is 0.458. The summed E-state index contributed by atoms with van der Waals surface area (Å²) < 4.78 is 0. The molecule has 29 heavy (non-hydrogen) atoms. The highest BCUT2D eigenvalue weighted by atomic mass is 16.3. The molecule has 0 aromatic heterocycles. The average molecular weight is 394 g/mol. The fourth-order valence-corrected chi connectivity index (χ4v) is 4.45. The van der Waals surface area contributed by atoms with Crippen molar-refractivity contribution >= 4 is 17.4 Å². The lowest BCUT2D eigenvalue weighted by Gasteiger charge is -2.34. The zero-order valence-corrected chi connectivity index (χ0v) is 17.0. The number of aliphatic hydroxyl groups excluding tert-OH is 1. The Morgan fingerprint density at radius 3 is 2.21 bits per heavy atom. The monoisotopic (exact) mass is 393 g/mol. The Morgan fingerprint density at radius 1 is 0.897 bits per heavy atom. The summed E-state index contributed by atoms with van der Waals surface area (Å²) in [6.07, 6.45) is 5.02. The van der Waals surface area contributed by atoms with Gasteiger partial charge in [0.2, 0.25) is 0 Å². The number of aliphatic hydroxyl groups is 1. The normalized spacial score (nSPS) is 19.1. The molecule has 0 spiro atoms. The zero-order chi connectivity index (χ0) is 20.1. The topological polar surface area (TPSA) is 55.8 Å². The van der Waals surface area contributed by atoms with Gasteiger partial charge in [-0.2, -0.15) is 0 Å². The van der Waals surface area contributed by atoms with Crippen molar-refractivity contribution in [2.75, 3.05) is 36.4 Å². The van der Waals surface area contributed by atoms with Crippen LogP contribution in [0.5, 0.6) is 0 Å². The number of hydrogen-bond donors (Lipinski definition) is 2. The van der Waals surface area contributed by atoms with Gasteiger partial charge < -0.3 is 20.2 Å². The number of benzene rings is 2. The third-order valence-corrected chi connectivity index (χ3v) is 6.25. The molecular formula is C24H31N3O2. The molecule has 2 N–H and O–H groups in total. The molecule has 1 unspecified atom stereocenters. The number of carbonyl (C=O) groups excluding carboxylic acids is 1. The third-order valence-electron chi connectivity index (χ3n) is 6.25. The maximum atomic E-state index is 12.6. The number of hydrogen-bond acceptors (Lipinski definition) is 3. The molecule has 2 aliphatic rings. The first-order valence-corrected chi connectivity index (χ1v) is 10.8. The van der Waals surface area contributed by atoms with Gasteiger partial charge in [-0.25, -0.2) is 4.79 Å². The largest absolute Gasteiger partial charge is 0.388 e. The second kappa shape index (κ2) is 9.31. The Kier molecular flexibility index (Phi) is 6.35. The van der Waals surface area contributed by atoms with Gasteiger partial charge >= 0.3 is 6.03 Å². The first-order chi connectivity index (χ1) is 14.2. The number of urea groups is 1. The summed E-state index contributed by atoms with van der Waals surface area (Å²) in [5.41, 5.74) is 3.03. The zero-order valence-electron chi connectivity index (χ0n) is 17.0. The maximum Gasteiger partial charge on any atom is 0.321 e. The molecule has 2 fully saturated rings. The van der Waals surface area contributed by atoms with Crippen molar-refractivity contribution in [1.82, 2.24) is 4.90 Å². The smallest absolute Gasteiger partial charge is 0.321 e. The predicted molar refractivity (Wildman–Crippen MR) is 117 cm³/mol. The Bertz CT molecular complexity index is 780. The van der Waals surface area contributed by atoms with E-state index in [2.05, 4.69) is 22.3 Å². The van der Waals surface area contributed by atoms with Crippen LogP contribution in [0.15, 0.2) is 54.6 Å². The summed E-state index contributed by atoms with van der Waals surface area (Å²) in [4.78, 5) is 16.9. The van der Waals surface area contributed by atoms with E-state index in [1.54, 1.807) is 0 Å². The third kappa shape index (κ3) is 4.91. The molecule has 0 radical (unpaired) electrons. The number of likely N-dealkylation sites (tertiary alicyclic amines) is 1. The van der Waals surface area contributed by atoms with E-state index >= 15 is 0 Å². The van der Waals surface area contributed by atoms with Crippen molar-refractivity contribution in [3.8, 4) is 0 Å². The van der Waals surface area contributed by atoms with E-state index in [1.165, 1.54) is 24.9 Å². The van der Waals surface area contributed by atoms with Crippen LogP contribution in [0.4, 0.5) is 16.2 Å². The van der Waals surface area contributed by atoms with Gasteiger partial charge in [-0.15, -0.1) is 0 Å². The van der Waals surface area contributed by atoms with Crippen LogP contribution in [-0.2, 0) is 0 Å². The van der Waals surface area contributed by atoms with Crippen LogP contribution < -0.4 is 10.2 Å². The standard InChI is InChI=1S/C24H31N3O2/c28-23(19-7-3-1-4-8-19)20-13-17-27(18-14-20)24(29)25-21-9-11-22(12-10-21)26-15-5-2-6-16-26/h1,3-4,7-12,20,23,28H,2,5-6,13-18H2,(H,25,29). The molecule has 2 aromatic rings. The van der Waals surface area contributed by atoms with Gasteiger partial charge in [0.25, 0.3) is 0 Å². The van der Waals surface area contributed by atoms with Gasteiger partial charge in [-0.05, 0) is 67.9 Å². The lowest BCUT2D eigenvalue weighted by molar-refractivity contribution is 0.0683. The molecule has 0 bridgehead atoms. The van der Waals surface area contributed by atoms with Crippen molar-refractivity contribution in [3.05, 3.63) is 60.2 Å². The molecule has 0 aliphatic carbocycles. The average Bonchev–Trinajstić information content (AvgIpc) is 2.80. The number of amides is 2. The molecule has 2 aromatic carbocycles. The van der Waals surface area contributed by atoms with Gasteiger partial charge in [-0.1, -0.05) is 30.3 Å². The Hall–Kier alpha value is -2.53. The SMILES string of the molecule is O=C(Nc1ccc(N2CCCCC2)cc1)N1CCC(C(O)c2ccccc2)CC1. The number of anilines is 2. The molecule has 154 valence electrons. The fourth-order valence-electron chi connectivity index (χ4n) is 4.45. The van der Waals surface area contributed by atoms with Crippen molar-refractivity contribution in [3.63, 3.8) is 0 Å². The van der Waals surface area contributed by atoms with E-state index in [0.29, 0.717) is 13.1 Å². The predicted octanol–water partition coefficient (Wildman–Crippen LogP) is 4.65. The van der Waals surface area contributed by atoms with Gasteiger partial charge in [0, 0.05) is 37.6 Å². The van der Waals surface area contributed by atoms with Gasteiger partial charge in [0.05, 0.1) is 6.10 Å². The van der Waals surface area contributed by atoms with Crippen LogP contribution in [0.1, 0.15) is 43.8 Å². The van der Waals surface area contributed by atoms with Crippen molar-refractivity contribution in [1.29, 1.82) is 0 Å². The highest BCUT2D eigenvalue weighted by Gasteiger charge is 2.28. The first kappa shape index (κ1) is 19.8. The number of nitrogens with zero attached hydrogens (tertiary/aromatic N) is 2. The number of nitrogens with one attached hydrogen (secondary N) is 1. The first-order valence-electron chi connectivity index (χ1n) is 10.8. The van der Waals surface area contributed by atoms with E-state index in [-0.39, 0.29) is 11.9 Å². The minimum atomic E-state index is -0.455. The quantitative estimate of drug-likeness (QED) is 0.795. The maximum absolute atomic E-state index is 12.6. The van der Waals surface area contributed by atoms with E-state index in [1.807, 2.05) is 47.4 Å². The van der Waals surface area contributed by atoms with Crippen LogP contribution >= 0.6 is 0 Å². The van der Waals surface area contributed by atoms with Crippen molar-refractivity contribution in [2.45, 2.75) is 38.2 Å². The lowest BCUT2D eigenvalue weighted by Crippen LogP contribution is -2.42. The van der Waals surface area contributed by atoms with Crippen LogP contribution in [0.25, 0.3) is 0 Å². The molecule has 2 amide bonds. The molecule has 2 heterocycles. The van der Waals surface area contributed by atoms with E-state index < -0.39 is 6.10 Å². The summed E-state index contributed by atoms with van der Waals surface area (Å²) in [6, 6.07) is 17.9. The molecular weight excluding hydrogens is 362 g/mol. The van der Waals surface area contributed by atoms with Crippen LogP contribution in [0.2, 0.25) is 0 Å². The summed E-state index contributed by atoms with van der Waals surface area (Å²) in [5.74, 6) is 0.199. The highest BCUT2D eigenvalue weighted by Crippen LogP contribution is 2.31. The summed E-state index contributed by atoms with van der Waals surface area (Å²) in [7, 11) is 0. The minimum absolute atomic E-state index is 0.0524. The summed E-state index contributed by atoms with van der Waals surface area (Å²) >= 11 is 0. The lowest BCUT2D eigenvalue weighted by atomic mass is 9.87. The van der Waals surface area contributed by atoms with Crippen molar-refractivity contribution < 1.29 is 9.90 Å². The Balaban J connectivity index is 1.27. The molecule has 0 saturated carbocycles. The molecule has 2 aliphatic heterocycles. The van der Waals surface area contributed by atoms with Crippen LogP contribution in [0, 0.1) is 5.92 Å². The van der Waals surface area contributed by atoms with E-state index in [4.69, 9.17) is 0 Å². The summed E-state index contributed by atoms with van der Waals surface area (Å²) in [6.45, 7) is 3.59. The van der Waals surface area contributed by atoms with Crippen LogP contribution in [-0.4, -0.2) is 42.2 Å². The Morgan fingerprint density at radius 2 is 1.55 bits per heavy atom. The van der Waals surface area contributed by atoms with Gasteiger partial charge in [-0.3, -0.25) is 0 Å². The number of rotatable bonds is 4. The number of carbonyl (C=O) groups is 1. The van der Waals surface area contributed by atoms with Gasteiger partial charge in [0.1, 0.15) is 0 Å². The van der Waals surface area contributed by atoms with Crippen LogP contribution in [0.3, 0.4) is 0 Å². The second-order valence-electron chi connectivity index (χ2n) is 8.20. The molecule has 1 atom stereocenters. The van der Waals surface area contributed by atoms with Gasteiger partial charge in [0.15, 0.2) is 0 Å². The molecule has 4 rings (SSSR count). The summed E-state index contributed by atoms with van der Waals surface area (Å²) in [5, 5.41) is 13.6. The molecule has 5 nitrogen and oxygen atoms in total. The number of piperidine rings is 2.